The molecule has 0 unspecified atom stereocenters. The van der Waals surface area contributed by atoms with Crippen molar-refractivity contribution in [3.63, 3.8) is 0 Å². The van der Waals surface area contributed by atoms with E-state index in [-0.39, 0.29) is 17.3 Å². The van der Waals surface area contributed by atoms with Gasteiger partial charge in [-0.05, 0) is 23.8 Å². The van der Waals surface area contributed by atoms with Crippen LogP contribution < -0.4 is 15.1 Å². The molecule has 0 radical (unpaired) electrons. The number of amides is 1. The fraction of sp³-hybridized carbons (Fsp3) is 0.263. The molecule has 28 heavy (non-hydrogen) atoms. The molecule has 8 nitrogen and oxygen atoms in total. The SMILES string of the molecule is COc1ccc(CSCC(=O)N/N=C\c2cc([N+](=O)[O-])ccc2N(C)C)cc1. The predicted molar refractivity (Wildman–Crippen MR) is 112 cm³/mol. The summed E-state index contributed by atoms with van der Waals surface area (Å²) in [5.74, 6) is 1.49. The Hall–Kier alpha value is -3.07. The van der Waals surface area contributed by atoms with Gasteiger partial charge in [0.05, 0.1) is 24.0 Å². The maximum atomic E-state index is 11.9. The van der Waals surface area contributed by atoms with Crippen molar-refractivity contribution < 1.29 is 14.5 Å². The number of hydrogen-bond donors (Lipinski definition) is 1. The Balaban J connectivity index is 1.88. The van der Waals surface area contributed by atoms with E-state index in [9.17, 15) is 14.9 Å². The van der Waals surface area contributed by atoms with Crippen molar-refractivity contribution in [2.75, 3.05) is 31.9 Å². The van der Waals surface area contributed by atoms with Crippen molar-refractivity contribution in [3.05, 3.63) is 63.7 Å². The molecule has 0 fully saturated rings. The summed E-state index contributed by atoms with van der Waals surface area (Å²) in [5.41, 5.74) is 4.82. The monoisotopic (exact) mass is 402 g/mol. The molecule has 0 bridgehead atoms. The van der Waals surface area contributed by atoms with Gasteiger partial charge in [0.1, 0.15) is 5.75 Å². The molecule has 0 aliphatic carbocycles. The highest BCUT2D eigenvalue weighted by Gasteiger charge is 2.11. The van der Waals surface area contributed by atoms with Crippen molar-refractivity contribution in [1.82, 2.24) is 5.43 Å². The Labute approximate surface area is 167 Å². The average Bonchev–Trinajstić information content (AvgIpc) is 2.68. The molecular formula is C19H22N4O4S. The summed E-state index contributed by atoms with van der Waals surface area (Å²) in [4.78, 5) is 24.2. The van der Waals surface area contributed by atoms with Crippen LogP contribution in [0.15, 0.2) is 47.6 Å². The Morgan fingerprint density at radius 1 is 1.29 bits per heavy atom. The van der Waals surface area contributed by atoms with E-state index in [1.165, 1.54) is 30.1 Å². The van der Waals surface area contributed by atoms with Crippen molar-refractivity contribution in [2.24, 2.45) is 5.10 Å². The number of nitro benzene ring substituents is 1. The molecule has 0 aromatic heterocycles. The van der Waals surface area contributed by atoms with Gasteiger partial charge >= 0.3 is 0 Å². The molecule has 0 spiro atoms. The Morgan fingerprint density at radius 3 is 2.61 bits per heavy atom. The van der Waals surface area contributed by atoms with E-state index in [1.807, 2.05) is 43.3 Å². The lowest BCUT2D eigenvalue weighted by Gasteiger charge is -2.14. The number of benzene rings is 2. The first-order valence-electron chi connectivity index (χ1n) is 8.39. The molecule has 0 atom stereocenters. The van der Waals surface area contributed by atoms with E-state index in [4.69, 9.17) is 4.74 Å². The third kappa shape index (κ3) is 6.27. The number of ether oxygens (including phenoxy) is 1. The summed E-state index contributed by atoms with van der Waals surface area (Å²) in [5, 5.41) is 14.9. The second-order valence-corrected chi connectivity index (χ2v) is 7.01. The number of anilines is 1. The number of nitrogens with zero attached hydrogens (tertiary/aromatic N) is 3. The first kappa shape index (κ1) is 21.2. The number of hydrogen-bond acceptors (Lipinski definition) is 7. The number of carbonyl (C=O) groups excluding carboxylic acids is 1. The van der Waals surface area contributed by atoms with Gasteiger partial charge in [0.2, 0.25) is 5.91 Å². The largest absolute Gasteiger partial charge is 0.497 e. The summed E-state index contributed by atoms with van der Waals surface area (Å²) in [6.07, 6.45) is 1.41. The van der Waals surface area contributed by atoms with Crippen LogP contribution in [0.25, 0.3) is 0 Å². The minimum Gasteiger partial charge on any atom is -0.497 e. The van der Waals surface area contributed by atoms with Crippen molar-refractivity contribution in [3.8, 4) is 5.75 Å². The fourth-order valence-electron chi connectivity index (χ4n) is 2.36. The Morgan fingerprint density at radius 2 is 2.00 bits per heavy atom. The van der Waals surface area contributed by atoms with Crippen LogP contribution in [0.4, 0.5) is 11.4 Å². The lowest BCUT2D eigenvalue weighted by atomic mass is 10.1. The molecule has 0 aliphatic rings. The maximum absolute atomic E-state index is 11.9. The van der Waals surface area contributed by atoms with Crippen LogP contribution in [-0.2, 0) is 10.5 Å². The van der Waals surface area contributed by atoms with E-state index >= 15 is 0 Å². The van der Waals surface area contributed by atoms with Crippen LogP contribution >= 0.6 is 11.8 Å². The lowest BCUT2D eigenvalue weighted by Crippen LogP contribution is -2.20. The fourth-order valence-corrected chi connectivity index (χ4v) is 3.14. The number of nitro groups is 1. The Kier molecular flexibility index (Phi) is 7.82. The molecule has 2 aromatic rings. The molecule has 0 aliphatic heterocycles. The van der Waals surface area contributed by atoms with Crippen LogP contribution in [-0.4, -0.2) is 44.0 Å². The quantitative estimate of drug-likeness (QED) is 0.393. The summed E-state index contributed by atoms with van der Waals surface area (Å²) in [6.45, 7) is 0. The number of rotatable bonds is 9. The van der Waals surface area contributed by atoms with Gasteiger partial charge in [-0.1, -0.05) is 12.1 Å². The molecule has 9 heteroatoms. The molecule has 1 amide bonds. The van der Waals surface area contributed by atoms with Crippen LogP contribution in [0.3, 0.4) is 0 Å². The van der Waals surface area contributed by atoms with Gasteiger partial charge in [0.15, 0.2) is 0 Å². The van der Waals surface area contributed by atoms with Gasteiger partial charge in [0.25, 0.3) is 5.69 Å². The standard InChI is InChI=1S/C19H22N4O4S/c1-22(2)18-9-6-16(23(25)26)10-15(18)11-20-21-19(24)13-28-12-14-4-7-17(27-3)8-5-14/h4-11H,12-13H2,1-3H3,(H,21,24)/b20-11-. The molecule has 2 rings (SSSR count). The van der Waals surface area contributed by atoms with Gasteiger partial charge in [-0.2, -0.15) is 5.10 Å². The van der Waals surface area contributed by atoms with E-state index in [2.05, 4.69) is 10.5 Å². The third-order valence-corrected chi connectivity index (χ3v) is 4.76. The second-order valence-electron chi connectivity index (χ2n) is 6.03. The number of nitrogens with one attached hydrogen (secondary N) is 1. The van der Waals surface area contributed by atoms with Crippen molar-refractivity contribution >= 4 is 35.3 Å². The van der Waals surface area contributed by atoms with Gasteiger partial charge in [-0.3, -0.25) is 14.9 Å². The minimum atomic E-state index is -0.467. The van der Waals surface area contributed by atoms with Crippen molar-refractivity contribution in [2.45, 2.75) is 5.75 Å². The number of carbonyl (C=O) groups is 1. The van der Waals surface area contributed by atoms with Crippen LogP contribution in [0.5, 0.6) is 5.75 Å². The van der Waals surface area contributed by atoms with Crippen LogP contribution in [0, 0.1) is 10.1 Å². The van der Waals surface area contributed by atoms with Crippen LogP contribution in [0.1, 0.15) is 11.1 Å². The lowest BCUT2D eigenvalue weighted by molar-refractivity contribution is -0.384. The molecule has 0 saturated heterocycles. The molecular weight excluding hydrogens is 380 g/mol. The zero-order valence-electron chi connectivity index (χ0n) is 15.9. The number of non-ortho nitro benzene ring substituents is 1. The summed E-state index contributed by atoms with van der Waals surface area (Å²) in [6, 6.07) is 12.2. The highest BCUT2D eigenvalue weighted by Crippen LogP contribution is 2.22. The normalized spacial score (nSPS) is 10.7. The number of methoxy groups -OCH3 is 1. The molecule has 148 valence electrons. The highest BCUT2D eigenvalue weighted by atomic mass is 32.2. The number of hydrazone groups is 1. The second kappa shape index (κ2) is 10.3. The van der Waals surface area contributed by atoms with Gasteiger partial charge in [-0.25, -0.2) is 5.43 Å². The summed E-state index contributed by atoms with van der Waals surface area (Å²) >= 11 is 1.46. The van der Waals surface area contributed by atoms with Crippen LogP contribution in [0.2, 0.25) is 0 Å². The minimum absolute atomic E-state index is 0.0339. The average molecular weight is 402 g/mol. The zero-order chi connectivity index (χ0) is 20.5. The number of thioether (sulfide) groups is 1. The van der Waals surface area contributed by atoms with Gasteiger partial charge in [0, 0.05) is 43.2 Å². The van der Waals surface area contributed by atoms with Crippen molar-refractivity contribution in [1.29, 1.82) is 0 Å². The van der Waals surface area contributed by atoms with E-state index in [0.717, 1.165) is 17.0 Å². The third-order valence-electron chi connectivity index (χ3n) is 3.76. The summed E-state index contributed by atoms with van der Waals surface area (Å²) < 4.78 is 5.11. The maximum Gasteiger partial charge on any atom is 0.270 e. The zero-order valence-corrected chi connectivity index (χ0v) is 16.7. The molecule has 2 aromatic carbocycles. The predicted octanol–water partition coefficient (Wildman–Crippen LogP) is 3.05. The topological polar surface area (TPSA) is 97.1 Å². The smallest absolute Gasteiger partial charge is 0.270 e. The highest BCUT2D eigenvalue weighted by molar-refractivity contribution is 7.99. The van der Waals surface area contributed by atoms with E-state index in [1.54, 1.807) is 13.2 Å². The van der Waals surface area contributed by atoms with Gasteiger partial charge < -0.3 is 9.64 Å². The first-order valence-corrected chi connectivity index (χ1v) is 9.54. The first-order chi connectivity index (χ1) is 13.4. The Bertz CT molecular complexity index is 854. The van der Waals surface area contributed by atoms with E-state index in [0.29, 0.717) is 11.3 Å². The molecule has 1 N–H and O–H groups in total. The summed E-state index contributed by atoms with van der Waals surface area (Å²) in [7, 11) is 5.27. The molecule has 0 saturated carbocycles. The van der Waals surface area contributed by atoms with E-state index < -0.39 is 4.92 Å². The molecule has 0 heterocycles. The van der Waals surface area contributed by atoms with Gasteiger partial charge in [-0.15, -0.1) is 11.8 Å².